The topological polar surface area (TPSA) is 38.9 Å². The second-order valence-corrected chi connectivity index (χ2v) is 10.8. The Kier molecular flexibility index (Phi) is 6.54. The summed E-state index contributed by atoms with van der Waals surface area (Å²) in [5.74, 6) is 0.867. The van der Waals surface area contributed by atoms with E-state index in [0.29, 0.717) is 11.6 Å². The number of alkyl halides is 2. The van der Waals surface area contributed by atoms with Gasteiger partial charge in [0.25, 0.3) is 6.43 Å². The van der Waals surface area contributed by atoms with Crippen LogP contribution in [0, 0.1) is 0 Å². The zero-order chi connectivity index (χ0) is 26.4. The van der Waals surface area contributed by atoms with Crippen LogP contribution in [0.2, 0.25) is 0 Å². The van der Waals surface area contributed by atoms with Gasteiger partial charge in [-0.3, -0.25) is 9.36 Å². The predicted molar refractivity (Wildman–Crippen MR) is 150 cm³/mol. The minimum atomic E-state index is -2.59. The van der Waals surface area contributed by atoms with Gasteiger partial charge in [-0.05, 0) is 78.6 Å². The van der Waals surface area contributed by atoms with Gasteiger partial charge in [-0.25, -0.2) is 8.78 Å². The van der Waals surface area contributed by atoms with Gasteiger partial charge in [0.2, 0.25) is 0 Å². The Morgan fingerprint density at radius 1 is 1.11 bits per heavy atom. The molecule has 1 aliphatic carbocycles. The van der Waals surface area contributed by atoms with Crippen molar-refractivity contribution in [3.05, 3.63) is 66.0 Å². The average molecular weight is 516 g/mol. The number of halogens is 2. The maximum atomic E-state index is 14.4. The molecule has 5 nitrogen and oxygen atoms in total. The Morgan fingerprint density at radius 2 is 1.92 bits per heavy atom. The van der Waals surface area contributed by atoms with Crippen molar-refractivity contribution >= 4 is 28.0 Å². The molecule has 4 aromatic rings. The standard InChI is InChI=1S/C31H35F2N5/c1-4-20(2)21-12-13-28-27(15-21)31(35-38(28)24-10-6-5-7-11-24)37-14-8-9-22-16-25(23-18-34-36(3)19-23)26(30(32)33)17-29(22)37/h12-13,15-19,24,30H,2,4-11,14H2,1,3H3. The predicted octanol–water partition coefficient (Wildman–Crippen LogP) is 8.39. The van der Waals surface area contributed by atoms with E-state index < -0.39 is 6.43 Å². The lowest BCUT2D eigenvalue weighted by Crippen LogP contribution is -2.26. The Balaban J connectivity index is 1.52. The lowest BCUT2D eigenvalue weighted by molar-refractivity contribution is 0.152. The van der Waals surface area contributed by atoms with E-state index in [4.69, 9.17) is 5.10 Å². The molecule has 6 rings (SSSR count). The lowest BCUT2D eigenvalue weighted by atomic mass is 9.93. The van der Waals surface area contributed by atoms with Crippen molar-refractivity contribution in [2.24, 2.45) is 7.05 Å². The van der Waals surface area contributed by atoms with Crippen LogP contribution < -0.4 is 4.90 Å². The highest BCUT2D eigenvalue weighted by molar-refractivity contribution is 5.95. The molecule has 0 radical (unpaired) electrons. The van der Waals surface area contributed by atoms with E-state index in [1.54, 1.807) is 30.2 Å². The Hall–Kier alpha value is -3.48. The first-order valence-corrected chi connectivity index (χ1v) is 13.9. The van der Waals surface area contributed by atoms with Gasteiger partial charge in [0.1, 0.15) is 0 Å². The number of fused-ring (bicyclic) bond motifs is 2. The summed E-state index contributed by atoms with van der Waals surface area (Å²) in [5, 5.41) is 10.5. The first-order valence-electron chi connectivity index (χ1n) is 13.9. The van der Waals surface area contributed by atoms with E-state index in [9.17, 15) is 8.78 Å². The molecule has 0 unspecified atom stereocenters. The molecule has 2 aromatic heterocycles. The summed E-state index contributed by atoms with van der Waals surface area (Å²) < 4.78 is 32.7. The summed E-state index contributed by atoms with van der Waals surface area (Å²) in [5.41, 5.74) is 6.56. The molecule has 0 atom stereocenters. The molecule has 3 heterocycles. The molecule has 2 aliphatic rings. The fourth-order valence-electron chi connectivity index (χ4n) is 6.21. The van der Waals surface area contributed by atoms with E-state index in [-0.39, 0.29) is 5.56 Å². The molecule has 1 aliphatic heterocycles. The van der Waals surface area contributed by atoms with Gasteiger partial charge in [0.15, 0.2) is 5.82 Å². The number of hydrogen-bond acceptors (Lipinski definition) is 3. The van der Waals surface area contributed by atoms with Crippen molar-refractivity contribution in [3.63, 3.8) is 0 Å². The number of aromatic nitrogens is 4. The quantitative estimate of drug-likeness (QED) is 0.259. The van der Waals surface area contributed by atoms with E-state index in [1.807, 2.05) is 6.07 Å². The molecular formula is C31H35F2N5. The molecule has 0 amide bonds. The molecule has 7 heteroatoms. The van der Waals surface area contributed by atoms with Crippen LogP contribution in [-0.4, -0.2) is 26.1 Å². The fourth-order valence-corrected chi connectivity index (χ4v) is 6.21. The number of allylic oxidation sites excluding steroid dienone is 1. The van der Waals surface area contributed by atoms with Crippen molar-refractivity contribution in [2.75, 3.05) is 11.4 Å². The molecule has 1 fully saturated rings. The lowest BCUT2D eigenvalue weighted by Gasteiger charge is -2.31. The first-order chi connectivity index (χ1) is 18.4. The van der Waals surface area contributed by atoms with Gasteiger partial charge in [0, 0.05) is 42.0 Å². The number of anilines is 2. The molecule has 1 saturated carbocycles. The third-order valence-corrected chi connectivity index (χ3v) is 8.32. The van der Waals surface area contributed by atoms with Gasteiger partial charge >= 0.3 is 0 Å². The summed E-state index contributed by atoms with van der Waals surface area (Å²) in [4.78, 5) is 2.18. The highest BCUT2D eigenvalue weighted by atomic mass is 19.3. The highest BCUT2D eigenvalue weighted by Gasteiger charge is 2.29. The van der Waals surface area contributed by atoms with Crippen molar-refractivity contribution in [1.82, 2.24) is 19.6 Å². The average Bonchev–Trinajstić information content (AvgIpc) is 3.55. The molecule has 2 aromatic carbocycles. The normalized spacial score (nSPS) is 16.4. The Bertz CT molecular complexity index is 1490. The molecule has 0 bridgehead atoms. The second kappa shape index (κ2) is 10.0. The summed E-state index contributed by atoms with van der Waals surface area (Å²) in [7, 11) is 1.81. The zero-order valence-electron chi connectivity index (χ0n) is 22.3. The third kappa shape index (κ3) is 4.32. The van der Waals surface area contributed by atoms with Gasteiger partial charge < -0.3 is 4.90 Å². The maximum Gasteiger partial charge on any atom is 0.264 e. The van der Waals surface area contributed by atoms with Crippen LogP contribution in [0.4, 0.5) is 20.3 Å². The number of benzene rings is 2. The Labute approximate surface area is 222 Å². The summed E-state index contributed by atoms with van der Waals surface area (Å²) in [6.07, 6.45) is 9.49. The van der Waals surface area contributed by atoms with E-state index in [2.05, 4.69) is 46.4 Å². The first kappa shape index (κ1) is 24.8. The maximum absolute atomic E-state index is 14.4. The van der Waals surface area contributed by atoms with Crippen molar-refractivity contribution in [2.45, 2.75) is 70.8 Å². The molecule has 0 saturated heterocycles. The van der Waals surface area contributed by atoms with E-state index >= 15 is 0 Å². The van der Waals surface area contributed by atoms with Gasteiger partial charge in [0.05, 0.1) is 17.8 Å². The molecule has 0 spiro atoms. The molecule has 38 heavy (non-hydrogen) atoms. The third-order valence-electron chi connectivity index (χ3n) is 8.32. The summed E-state index contributed by atoms with van der Waals surface area (Å²) in [6, 6.07) is 10.5. The SMILES string of the molecule is C=C(CC)c1ccc2c(c1)c(N1CCCc3cc(-c4cnn(C)c4)c(C(F)F)cc31)nn2C1CCCCC1. The van der Waals surface area contributed by atoms with Crippen molar-refractivity contribution in [3.8, 4) is 11.1 Å². The Morgan fingerprint density at radius 3 is 2.63 bits per heavy atom. The molecular weight excluding hydrogens is 480 g/mol. The minimum absolute atomic E-state index is 0.0414. The van der Waals surface area contributed by atoms with Crippen LogP contribution in [0.1, 0.15) is 81.0 Å². The van der Waals surface area contributed by atoms with Crippen molar-refractivity contribution in [1.29, 1.82) is 0 Å². The second-order valence-electron chi connectivity index (χ2n) is 10.8. The molecule has 198 valence electrons. The number of aryl methyl sites for hydroxylation is 2. The van der Waals surface area contributed by atoms with Gasteiger partial charge in [-0.2, -0.15) is 10.2 Å². The van der Waals surface area contributed by atoms with Crippen LogP contribution in [0.3, 0.4) is 0 Å². The largest absolute Gasteiger partial charge is 0.324 e. The number of nitrogens with zero attached hydrogens (tertiary/aromatic N) is 5. The van der Waals surface area contributed by atoms with Gasteiger partial charge in [-0.1, -0.05) is 38.8 Å². The zero-order valence-corrected chi connectivity index (χ0v) is 22.3. The van der Waals surface area contributed by atoms with Crippen LogP contribution in [0.5, 0.6) is 0 Å². The number of rotatable bonds is 6. The van der Waals surface area contributed by atoms with Gasteiger partial charge in [-0.15, -0.1) is 0 Å². The number of hydrogen-bond donors (Lipinski definition) is 0. The minimum Gasteiger partial charge on any atom is -0.324 e. The highest BCUT2D eigenvalue weighted by Crippen LogP contribution is 2.44. The fraction of sp³-hybridized carbons (Fsp3) is 0.419. The monoisotopic (exact) mass is 515 g/mol. The summed E-state index contributed by atoms with van der Waals surface area (Å²) >= 11 is 0. The molecule has 0 N–H and O–H groups in total. The van der Waals surface area contributed by atoms with Crippen LogP contribution >= 0.6 is 0 Å². The van der Waals surface area contributed by atoms with Crippen molar-refractivity contribution < 1.29 is 8.78 Å². The van der Waals surface area contributed by atoms with Crippen LogP contribution in [0.25, 0.3) is 27.6 Å². The smallest absolute Gasteiger partial charge is 0.264 e. The van der Waals surface area contributed by atoms with E-state index in [1.165, 1.54) is 19.3 Å². The van der Waals surface area contributed by atoms with Crippen LogP contribution in [0.15, 0.2) is 49.3 Å². The van der Waals surface area contributed by atoms with Crippen LogP contribution in [-0.2, 0) is 13.5 Å². The van der Waals surface area contributed by atoms with E-state index in [0.717, 1.165) is 83.3 Å². The summed E-state index contributed by atoms with van der Waals surface area (Å²) in [6.45, 7) is 7.13.